The minimum absolute atomic E-state index is 0.162. The molecule has 6 aliphatic heterocycles. The third kappa shape index (κ3) is 6.91. The van der Waals surface area contributed by atoms with E-state index in [1.807, 2.05) is 9.80 Å². The average molecular weight is 635 g/mol. The first-order valence-corrected chi connectivity index (χ1v) is 15.7. The summed E-state index contributed by atoms with van der Waals surface area (Å²) in [6.07, 6.45) is 1.65. The molecule has 0 saturated carbocycles. The number of amides is 8. The SMILES string of the molecule is O=C(CN1CCNCC1)NNC(=O)[C@H]1CC[C@@H]2CN1C(=O)N2ON1C(=O)N2C[C@H]1CC[C@@H]2C(=O)NNC(=O)CN1CCNCC1. The van der Waals surface area contributed by atoms with E-state index in [4.69, 9.17) is 4.94 Å². The van der Waals surface area contributed by atoms with E-state index in [-0.39, 0.29) is 50.1 Å². The Morgan fingerprint density at radius 2 is 1.02 bits per heavy atom. The fourth-order valence-corrected chi connectivity index (χ4v) is 6.77. The number of hydrogen-bond acceptors (Lipinski definition) is 11. The normalized spacial score (nSPS) is 28.7. The van der Waals surface area contributed by atoms with Gasteiger partial charge in [0, 0.05) is 65.4 Å². The van der Waals surface area contributed by atoms with Gasteiger partial charge in [-0.1, -0.05) is 0 Å². The first kappa shape index (κ1) is 31.2. The zero-order chi connectivity index (χ0) is 31.5. The third-order valence-electron chi connectivity index (χ3n) is 9.23. The molecule has 6 fully saturated rings. The molecule has 6 aliphatic rings. The number of rotatable bonds is 8. The number of piperidine rings is 2. The summed E-state index contributed by atoms with van der Waals surface area (Å²) in [4.78, 5) is 89.8. The monoisotopic (exact) mass is 634 g/mol. The molecule has 19 heteroatoms. The molecule has 4 bridgehead atoms. The Bertz CT molecular complexity index is 1090. The van der Waals surface area contributed by atoms with Crippen molar-refractivity contribution in [2.24, 2.45) is 0 Å². The molecule has 6 saturated heterocycles. The third-order valence-corrected chi connectivity index (χ3v) is 9.23. The quantitative estimate of drug-likeness (QED) is 0.140. The van der Waals surface area contributed by atoms with Gasteiger partial charge in [0.05, 0.1) is 25.2 Å². The van der Waals surface area contributed by atoms with Crippen LogP contribution in [-0.2, 0) is 24.1 Å². The molecule has 8 amide bonds. The summed E-state index contributed by atoms with van der Waals surface area (Å²) in [5.74, 6) is -1.67. The van der Waals surface area contributed by atoms with Crippen LogP contribution in [0.15, 0.2) is 0 Å². The van der Waals surface area contributed by atoms with Gasteiger partial charge in [0.15, 0.2) is 0 Å². The van der Waals surface area contributed by atoms with Gasteiger partial charge in [0.2, 0.25) is 0 Å². The molecule has 6 rings (SSSR count). The lowest BCUT2D eigenvalue weighted by molar-refractivity contribution is -0.284. The van der Waals surface area contributed by atoms with Crippen molar-refractivity contribution in [3.8, 4) is 0 Å². The highest BCUT2D eigenvalue weighted by molar-refractivity contribution is 5.91. The number of fused-ring (bicyclic) bond motifs is 4. The van der Waals surface area contributed by atoms with Crippen molar-refractivity contribution in [1.82, 2.24) is 62.1 Å². The lowest BCUT2D eigenvalue weighted by Crippen LogP contribution is -2.56. The van der Waals surface area contributed by atoms with Crippen molar-refractivity contribution < 1.29 is 33.7 Å². The lowest BCUT2D eigenvalue weighted by Gasteiger charge is -2.30. The minimum atomic E-state index is -0.797. The van der Waals surface area contributed by atoms with E-state index in [9.17, 15) is 28.8 Å². The van der Waals surface area contributed by atoms with Gasteiger partial charge < -0.3 is 20.4 Å². The summed E-state index contributed by atoms with van der Waals surface area (Å²) in [6.45, 7) is 6.96. The number of hydrazine groups is 2. The zero-order valence-corrected chi connectivity index (χ0v) is 25.2. The summed E-state index contributed by atoms with van der Waals surface area (Å²) in [7, 11) is 0. The summed E-state index contributed by atoms with van der Waals surface area (Å²) in [6, 6.07) is -3.41. The van der Waals surface area contributed by atoms with Crippen LogP contribution in [0.3, 0.4) is 0 Å². The van der Waals surface area contributed by atoms with Crippen LogP contribution in [0.1, 0.15) is 25.7 Å². The summed E-state index contributed by atoms with van der Waals surface area (Å²) >= 11 is 0. The molecule has 0 spiro atoms. The average Bonchev–Trinajstić information content (AvgIpc) is 3.43. The zero-order valence-electron chi connectivity index (χ0n) is 25.2. The largest absolute Gasteiger partial charge is 0.347 e. The Hall–Kier alpha value is -3.78. The molecule has 0 aromatic rings. The number of carbonyl (C=O) groups is 6. The maximum Gasteiger partial charge on any atom is 0.347 e. The molecule has 4 atom stereocenters. The second-order valence-electron chi connectivity index (χ2n) is 12.2. The fourth-order valence-electron chi connectivity index (χ4n) is 6.77. The van der Waals surface area contributed by atoms with Crippen molar-refractivity contribution in [3.05, 3.63) is 0 Å². The molecular formula is C26H42N12O7. The maximum atomic E-state index is 13.3. The van der Waals surface area contributed by atoms with E-state index in [0.29, 0.717) is 25.7 Å². The second-order valence-corrected chi connectivity index (χ2v) is 12.2. The highest BCUT2D eigenvalue weighted by Crippen LogP contribution is 2.35. The van der Waals surface area contributed by atoms with E-state index in [1.165, 1.54) is 9.80 Å². The van der Waals surface area contributed by atoms with Gasteiger partial charge >= 0.3 is 12.1 Å². The Morgan fingerprint density at radius 3 is 1.42 bits per heavy atom. The van der Waals surface area contributed by atoms with Crippen LogP contribution in [0.2, 0.25) is 0 Å². The molecule has 19 nitrogen and oxygen atoms in total. The van der Waals surface area contributed by atoms with Gasteiger partial charge in [-0.2, -0.15) is 10.1 Å². The van der Waals surface area contributed by atoms with E-state index in [0.717, 1.165) is 62.5 Å². The first-order valence-electron chi connectivity index (χ1n) is 15.7. The van der Waals surface area contributed by atoms with Crippen LogP contribution in [0.4, 0.5) is 9.59 Å². The van der Waals surface area contributed by atoms with Crippen LogP contribution in [-0.4, -0.2) is 168 Å². The van der Waals surface area contributed by atoms with Gasteiger partial charge in [-0.15, -0.1) is 4.94 Å². The predicted molar refractivity (Wildman–Crippen MR) is 154 cm³/mol. The lowest BCUT2D eigenvalue weighted by atomic mass is 10.0. The molecule has 0 aromatic heterocycles. The van der Waals surface area contributed by atoms with Crippen LogP contribution >= 0.6 is 0 Å². The minimum Gasteiger partial charge on any atom is -0.314 e. The highest BCUT2D eigenvalue weighted by Gasteiger charge is 2.53. The molecule has 0 radical (unpaired) electrons. The molecule has 45 heavy (non-hydrogen) atoms. The number of piperazine rings is 2. The summed E-state index contributed by atoms with van der Waals surface area (Å²) in [5.41, 5.74) is 9.79. The van der Waals surface area contributed by atoms with Gasteiger partial charge in [0.25, 0.3) is 23.6 Å². The van der Waals surface area contributed by atoms with Gasteiger partial charge in [-0.25, -0.2) is 9.59 Å². The molecular weight excluding hydrogens is 592 g/mol. The van der Waals surface area contributed by atoms with Gasteiger partial charge in [0.1, 0.15) is 12.1 Å². The Kier molecular flexibility index (Phi) is 9.50. The van der Waals surface area contributed by atoms with Crippen LogP contribution in [0.25, 0.3) is 0 Å². The Labute approximate surface area is 260 Å². The molecule has 6 heterocycles. The van der Waals surface area contributed by atoms with Crippen LogP contribution < -0.4 is 32.3 Å². The number of urea groups is 2. The maximum absolute atomic E-state index is 13.3. The van der Waals surface area contributed by atoms with Gasteiger partial charge in [-0.05, 0) is 25.7 Å². The topological polar surface area (TPSA) is 203 Å². The van der Waals surface area contributed by atoms with Crippen molar-refractivity contribution in [2.45, 2.75) is 49.9 Å². The van der Waals surface area contributed by atoms with Crippen molar-refractivity contribution in [2.75, 3.05) is 78.5 Å². The van der Waals surface area contributed by atoms with Crippen LogP contribution in [0.5, 0.6) is 0 Å². The number of hydrogen-bond donors (Lipinski definition) is 6. The second kappa shape index (κ2) is 13.7. The van der Waals surface area contributed by atoms with Crippen molar-refractivity contribution in [1.29, 1.82) is 0 Å². The summed E-state index contributed by atoms with van der Waals surface area (Å²) in [5, 5.41) is 8.71. The number of nitrogens with one attached hydrogen (secondary N) is 6. The van der Waals surface area contributed by atoms with E-state index in [1.54, 1.807) is 0 Å². The first-order chi connectivity index (χ1) is 21.8. The van der Waals surface area contributed by atoms with Crippen molar-refractivity contribution in [3.63, 3.8) is 0 Å². The molecule has 6 N–H and O–H groups in total. The van der Waals surface area contributed by atoms with E-state index >= 15 is 0 Å². The van der Waals surface area contributed by atoms with Gasteiger partial charge in [-0.3, -0.25) is 50.7 Å². The standard InChI is InChI=1S/C26H42N12O7/c39-21(15-33-9-5-27-6-10-33)29-31-23(41)19-3-1-17-13-35(19)25(43)37(17)45-38-18-2-4-20(36(14-18)26(38)44)24(42)32-30-22(40)16-34-11-7-28-8-12-34/h17-20,27-28H,1-16H2,(H,29,39)(H,30,40)(H,31,41)(H,32,42)/t17-,18-,19-,20-/m1/s1. The Balaban J connectivity index is 0.973. The Morgan fingerprint density at radius 1 is 0.622 bits per heavy atom. The molecule has 0 aromatic carbocycles. The fraction of sp³-hybridized carbons (Fsp3) is 0.769. The molecule has 248 valence electrons. The number of carbonyl (C=O) groups excluding carboxylic acids is 6. The van der Waals surface area contributed by atoms with E-state index in [2.05, 4.69) is 32.3 Å². The highest BCUT2D eigenvalue weighted by atomic mass is 16.9. The molecule has 0 aliphatic carbocycles. The smallest absolute Gasteiger partial charge is 0.314 e. The number of hydroxylamine groups is 4. The molecule has 0 unspecified atom stereocenters. The van der Waals surface area contributed by atoms with E-state index < -0.39 is 36.0 Å². The predicted octanol–water partition coefficient (Wildman–Crippen LogP) is -4.52. The van der Waals surface area contributed by atoms with Crippen LogP contribution in [0, 0.1) is 0 Å². The summed E-state index contributed by atoms with van der Waals surface area (Å²) < 4.78 is 0. The van der Waals surface area contributed by atoms with Crippen molar-refractivity contribution >= 4 is 35.7 Å². The number of nitrogens with zero attached hydrogens (tertiary/aromatic N) is 6.